The Morgan fingerprint density at radius 1 is 1.50 bits per heavy atom. The van der Waals surface area contributed by atoms with Crippen molar-refractivity contribution in [3.8, 4) is 0 Å². The lowest BCUT2D eigenvalue weighted by Gasteiger charge is -2.09. The predicted octanol–water partition coefficient (Wildman–Crippen LogP) is 1.27. The molecule has 0 heterocycles. The molecule has 77 valence electrons. The van der Waals surface area contributed by atoms with Crippen molar-refractivity contribution in [1.82, 2.24) is 0 Å². The minimum absolute atomic E-state index is 0.0443. The number of rotatable bonds is 3. The van der Waals surface area contributed by atoms with Crippen LogP contribution in [0.4, 0.5) is 8.78 Å². The van der Waals surface area contributed by atoms with Crippen LogP contribution in [0.5, 0.6) is 0 Å². The lowest BCUT2D eigenvalue weighted by atomic mass is 10.1. The second kappa shape index (κ2) is 4.99. The van der Waals surface area contributed by atoms with Crippen LogP contribution in [-0.4, -0.2) is 22.9 Å². The number of halogens is 3. The fourth-order valence-electron chi connectivity index (χ4n) is 1.01. The molecule has 0 aliphatic carbocycles. The van der Waals surface area contributed by atoms with Gasteiger partial charge >= 0.3 is 0 Å². The molecule has 14 heavy (non-hydrogen) atoms. The Morgan fingerprint density at radius 3 is 2.64 bits per heavy atom. The predicted molar refractivity (Wildman–Crippen MR) is 54.7 cm³/mol. The van der Waals surface area contributed by atoms with Crippen LogP contribution < -0.4 is 0 Å². The molecule has 1 rings (SSSR count). The van der Waals surface area contributed by atoms with E-state index < -0.39 is 24.3 Å². The van der Waals surface area contributed by atoms with Crippen LogP contribution in [0.3, 0.4) is 0 Å². The van der Waals surface area contributed by atoms with Crippen molar-refractivity contribution in [3.05, 3.63) is 32.9 Å². The highest BCUT2D eigenvalue weighted by molar-refractivity contribution is 14.1. The third-order valence-corrected chi connectivity index (χ3v) is 2.61. The molecule has 0 aliphatic rings. The van der Waals surface area contributed by atoms with Crippen LogP contribution in [0, 0.1) is 21.3 Å². The van der Waals surface area contributed by atoms with Gasteiger partial charge in [0, 0.05) is 27.7 Å². The summed E-state index contributed by atoms with van der Waals surface area (Å²) >= 11 is 1.73. The number of aliphatic hydroxyl groups is 2. The molecular weight excluding hydrogens is 305 g/mol. The summed E-state index contributed by atoms with van der Waals surface area (Å²) in [6.07, 6.45) is -1.07. The topological polar surface area (TPSA) is 40.5 Å². The van der Waals surface area contributed by atoms with Crippen LogP contribution in [0.15, 0.2) is 6.07 Å². The van der Waals surface area contributed by atoms with E-state index in [0.717, 1.165) is 0 Å². The minimum atomic E-state index is -1.03. The zero-order chi connectivity index (χ0) is 10.7. The number of hydrogen-bond acceptors (Lipinski definition) is 2. The quantitative estimate of drug-likeness (QED) is 0.825. The molecule has 1 atom stereocenters. The highest BCUT2D eigenvalue weighted by Crippen LogP contribution is 2.19. The summed E-state index contributed by atoms with van der Waals surface area (Å²) in [5, 5.41) is 17.7. The Kier molecular flexibility index (Phi) is 4.21. The van der Waals surface area contributed by atoms with Gasteiger partial charge in [-0.05, 0) is 22.6 Å². The molecule has 0 aromatic heterocycles. The molecule has 0 saturated heterocycles. The smallest absolute Gasteiger partial charge is 0.135 e. The second-order valence-electron chi connectivity index (χ2n) is 2.80. The van der Waals surface area contributed by atoms with Crippen molar-refractivity contribution in [2.75, 3.05) is 6.61 Å². The summed E-state index contributed by atoms with van der Waals surface area (Å²) in [5.41, 5.74) is 0.175. The first-order valence-electron chi connectivity index (χ1n) is 3.89. The van der Waals surface area contributed by atoms with E-state index in [1.54, 1.807) is 22.6 Å². The van der Waals surface area contributed by atoms with Gasteiger partial charge in [-0.1, -0.05) is 0 Å². The maximum atomic E-state index is 13.2. The fraction of sp³-hybridized carbons (Fsp3) is 0.333. The minimum Gasteiger partial charge on any atom is -0.394 e. The maximum absolute atomic E-state index is 13.2. The summed E-state index contributed by atoms with van der Waals surface area (Å²) in [5.74, 6) is -1.49. The van der Waals surface area contributed by atoms with E-state index in [-0.39, 0.29) is 15.6 Å². The molecule has 5 heteroatoms. The van der Waals surface area contributed by atoms with Gasteiger partial charge in [-0.3, -0.25) is 0 Å². The average Bonchev–Trinajstić information content (AvgIpc) is 2.10. The Morgan fingerprint density at radius 2 is 2.14 bits per heavy atom. The highest BCUT2D eigenvalue weighted by Gasteiger charge is 2.13. The van der Waals surface area contributed by atoms with Gasteiger partial charge in [0.2, 0.25) is 0 Å². The number of benzene rings is 1. The maximum Gasteiger partial charge on any atom is 0.135 e. The van der Waals surface area contributed by atoms with Gasteiger partial charge in [0.05, 0.1) is 12.7 Å². The van der Waals surface area contributed by atoms with E-state index >= 15 is 0 Å². The Labute approximate surface area is 93.7 Å². The summed E-state index contributed by atoms with van der Waals surface area (Å²) in [7, 11) is 0. The van der Waals surface area contributed by atoms with Crippen molar-refractivity contribution in [2.24, 2.45) is 0 Å². The van der Waals surface area contributed by atoms with E-state index in [0.29, 0.717) is 6.07 Å². The Bertz CT molecular complexity index is 308. The number of aliphatic hydroxyl groups excluding tert-OH is 2. The summed E-state index contributed by atoms with van der Waals surface area (Å²) in [6.45, 7) is -0.451. The molecule has 0 aliphatic heterocycles. The highest BCUT2D eigenvalue weighted by atomic mass is 127. The first-order valence-corrected chi connectivity index (χ1v) is 4.97. The van der Waals surface area contributed by atoms with Crippen molar-refractivity contribution in [1.29, 1.82) is 0 Å². The van der Waals surface area contributed by atoms with Crippen LogP contribution >= 0.6 is 22.6 Å². The molecule has 2 N–H and O–H groups in total. The summed E-state index contributed by atoms with van der Waals surface area (Å²) < 4.78 is 26.1. The Hall–Kier alpha value is -0.270. The second-order valence-corrected chi connectivity index (χ2v) is 3.88. The third-order valence-electron chi connectivity index (χ3n) is 1.69. The van der Waals surface area contributed by atoms with E-state index in [4.69, 9.17) is 10.2 Å². The van der Waals surface area contributed by atoms with Crippen molar-refractivity contribution >= 4 is 22.6 Å². The van der Waals surface area contributed by atoms with Gasteiger partial charge in [-0.25, -0.2) is 8.78 Å². The third kappa shape index (κ3) is 2.86. The van der Waals surface area contributed by atoms with Crippen LogP contribution in [0.25, 0.3) is 0 Å². The van der Waals surface area contributed by atoms with Gasteiger partial charge in [0.15, 0.2) is 0 Å². The van der Waals surface area contributed by atoms with Crippen molar-refractivity contribution in [3.63, 3.8) is 0 Å². The van der Waals surface area contributed by atoms with E-state index in [1.165, 1.54) is 0 Å². The van der Waals surface area contributed by atoms with Crippen LogP contribution in [-0.2, 0) is 6.42 Å². The molecule has 0 bridgehead atoms. The van der Waals surface area contributed by atoms with Gasteiger partial charge < -0.3 is 10.2 Å². The van der Waals surface area contributed by atoms with Gasteiger partial charge in [-0.15, -0.1) is 0 Å². The van der Waals surface area contributed by atoms with E-state index in [9.17, 15) is 8.78 Å². The monoisotopic (exact) mass is 313 g/mol. The largest absolute Gasteiger partial charge is 0.394 e. The summed E-state index contributed by atoms with van der Waals surface area (Å²) in [6, 6.07) is 3.01. The van der Waals surface area contributed by atoms with Crippen LogP contribution in [0.1, 0.15) is 5.56 Å². The van der Waals surface area contributed by atoms with E-state index in [2.05, 4.69) is 6.07 Å². The normalized spacial score (nSPS) is 12.9. The lowest BCUT2D eigenvalue weighted by Crippen LogP contribution is -2.17. The fourth-order valence-corrected chi connectivity index (χ4v) is 1.74. The lowest BCUT2D eigenvalue weighted by molar-refractivity contribution is 0.0946. The van der Waals surface area contributed by atoms with E-state index in [1.807, 2.05) is 0 Å². The first-order chi connectivity index (χ1) is 6.54. The van der Waals surface area contributed by atoms with Crippen LogP contribution in [0.2, 0.25) is 0 Å². The molecule has 0 unspecified atom stereocenters. The molecule has 1 radical (unpaired) electrons. The van der Waals surface area contributed by atoms with Crippen molar-refractivity contribution in [2.45, 2.75) is 12.5 Å². The van der Waals surface area contributed by atoms with Gasteiger partial charge in [0.25, 0.3) is 0 Å². The van der Waals surface area contributed by atoms with Gasteiger partial charge in [0.1, 0.15) is 11.6 Å². The first kappa shape index (κ1) is 11.8. The molecule has 1 aromatic carbocycles. The molecule has 0 spiro atoms. The molecular formula is C9H8F2IO2. The standard InChI is InChI=1S/C9H8F2IO2/c10-5-1-8(11)7(9(12)2-5)3-6(14)4-13/h1,6,13-14H,3-4H2/t6-/m0/s1. The molecule has 0 amide bonds. The van der Waals surface area contributed by atoms with Crippen molar-refractivity contribution < 1.29 is 19.0 Å². The molecule has 0 fully saturated rings. The zero-order valence-electron chi connectivity index (χ0n) is 7.10. The number of hydrogen-bond donors (Lipinski definition) is 2. The van der Waals surface area contributed by atoms with Gasteiger partial charge in [-0.2, -0.15) is 0 Å². The molecule has 2 nitrogen and oxygen atoms in total. The SMILES string of the molecule is OC[C@@H](O)Cc1c(I)[c]c(F)cc1F. The molecule has 0 saturated carbocycles. The average molecular weight is 313 g/mol. The Balaban J connectivity index is 2.96. The molecule has 1 aromatic rings. The summed E-state index contributed by atoms with van der Waals surface area (Å²) in [4.78, 5) is 0. The zero-order valence-corrected chi connectivity index (χ0v) is 9.25.